The van der Waals surface area contributed by atoms with E-state index in [4.69, 9.17) is 10.1 Å². The van der Waals surface area contributed by atoms with Gasteiger partial charge in [-0.15, -0.1) is 0 Å². The Kier molecular flexibility index (Phi) is 5.15. The molecule has 3 heterocycles. The molecule has 0 unspecified atom stereocenters. The summed E-state index contributed by atoms with van der Waals surface area (Å²) in [5, 5.41) is 4.76. The van der Waals surface area contributed by atoms with Gasteiger partial charge >= 0.3 is 0 Å². The summed E-state index contributed by atoms with van der Waals surface area (Å²) in [6.45, 7) is 12.3. The number of aromatic nitrogens is 3. The molecule has 0 spiro atoms. The lowest BCUT2D eigenvalue weighted by molar-refractivity contribution is -0.133. The number of piperidine rings is 1. The monoisotopic (exact) mass is 390 g/mol. The molecule has 1 aromatic carbocycles. The summed E-state index contributed by atoms with van der Waals surface area (Å²) < 4.78 is 1.91. The third-order valence-corrected chi connectivity index (χ3v) is 6.11. The van der Waals surface area contributed by atoms with Crippen molar-refractivity contribution in [2.24, 2.45) is 11.8 Å². The average Bonchev–Trinajstić information content (AvgIpc) is 3.01. The highest BCUT2D eigenvalue weighted by Gasteiger charge is 2.27. The predicted octanol–water partition coefficient (Wildman–Crippen LogP) is 4.37. The molecule has 1 fully saturated rings. The van der Waals surface area contributed by atoms with Crippen LogP contribution in [0.25, 0.3) is 16.8 Å². The van der Waals surface area contributed by atoms with Crippen LogP contribution in [0.15, 0.2) is 30.3 Å². The molecule has 29 heavy (non-hydrogen) atoms. The van der Waals surface area contributed by atoms with Crippen molar-refractivity contribution in [3.05, 3.63) is 53.0 Å². The number of fused-ring (bicyclic) bond motifs is 1. The summed E-state index contributed by atoms with van der Waals surface area (Å²) in [4.78, 5) is 20.0. The molecule has 1 saturated heterocycles. The first-order valence-corrected chi connectivity index (χ1v) is 10.5. The van der Waals surface area contributed by atoms with Crippen LogP contribution >= 0.6 is 0 Å². The number of nitrogens with zero attached hydrogens (tertiary/aromatic N) is 4. The van der Waals surface area contributed by atoms with E-state index in [2.05, 4.69) is 26.0 Å². The van der Waals surface area contributed by atoms with Crippen molar-refractivity contribution in [2.45, 2.75) is 47.5 Å². The van der Waals surface area contributed by atoms with E-state index in [1.54, 1.807) is 0 Å². The molecule has 4 rings (SSSR count). The van der Waals surface area contributed by atoms with Crippen LogP contribution in [0.4, 0.5) is 0 Å². The summed E-state index contributed by atoms with van der Waals surface area (Å²) in [5.41, 5.74) is 6.91. The van der Waals surface area contributed by atoms with E-state index >= 15 is 0 Å². The second-order valence-electron chi connectivity index (χ2n) is 8.74. The Labute approximate surface area is 172 Å². The highest BCUT2D eigenvalue weighted by atomic mass is 16.2. The maximum absolute atomic E-state index is 13.1. The first-order chi connectivity index (χ1) is 13.8. The summed E-state index contributed by atoms with van der Waals surface area (Å²) in [7, 11) is 0. The zero-order chi connectivity index (χ0) is 20.7. The summed E-state index contributed by atoms with van der Waals surface area (Å²) in [6.07, 6.45) is 1.59. The van der Waals surface area contributed by atoms with Gasteiger partial charge in [-0.1, -0.05) is 44.2 Å². The molecule has 5 heteroatoms. The molecule has 1 amide bonds. The van der Waals surface area contributed by atoms with Crippen molar-refractivity contribution >= 4 is 11.6 Å². The molecule has 0 saturated carbocycles. The minimum atomic E-state index is 0.197. The minimum Gasteiger partial charge on any atom is -0.342 e. The predicted molar refractivity (Wildman–Crippen MR) is 116 cm³/mol. The molecule has 0 radical (unpaired) electrons. The lowest BCUT2D eigenvalue weighted by Crippen LogP contribution is -2.43. The van der Waals surface area contributed by atoms with Crippen LogP contribution in [-0.2, 0) is 11.2 Å². The normalized spacial score (nSPS) is 19.7. The van der Waals surface area contributed by atoms with Crippen molar-refractivity contribution in [2.75, 3.05) is 13.1 Å². The Bertz CT molecular complexity index is 1040. The van der Waals surface area contributed by atoms with Crippen molar-refractivity contribution in [1.82, 2.24) is 19.5 Å². The van der Waals surface area contributed by atoms with Gasteiger partial charge in [0, 0.05) is 35.6 Å². The van der Waals surface area contributed by atoms with Gasteiger partial charge in [0.15, 0.2) is 5.65 Å². The largest absolute Gasteiger partial charge is 0.342 e. The number of hydrogen-bond acceptors (Lipinski definition) is 3. The third kappa shape index (κ3) is 3.66. The molecule has 0 aliphatic carbocycles. The van der Waals surface area contributed by atoms with Gasteiger partial charge in [-0.05, 0) is 44.6 Å². The lowest BCUT2D eigenvalue weighted by atomic mass is 9.91. The van der Waals surface area contributed by atoms with Gasteiger partial charge in [0.05, 0.1) is 12.1 Å². The number of amides is 1. The molecule has 152 valence electrons. The number of aryl methyl sites for hydroxylation is 3. The zero-order valence-electron chi connectivity index (χ0n) is 18.1. The maximum Gasteiger partial charge on any atom is 0.227 e. The summed E-state index contributed by atoms with van der Waals surface area (Å²) in [6, 6.07) is 10.3. The number of hydrogen-bond donors (Lipinski definition) is 0. The van der Waals surface area contributed by atoms with E-state index < -0.39 is 0 Å². The third-order valence-electron chi connectivity index (χ3n) is 6.11. The zero-order valence-corrected chi connectivity index (χ0v) is 18.1. The Morgan fingerprint density at radius 3 is 2.34 bits per heavy atom. The first kappa shape index (κ1) is 19.6. The van der Waals surface area contributed by atoms with E-state index in [0.29, 0.717) is 18.3 Å². The number of rotatable bonds is 3. The van der Waals surface area contributed by atoms with Gasteiger partial charge in [-0.3, -0.25) is 4.79 Å². The molecule has 1 aliphatic rings. The fraction of sp³-hybridized carbons (Fsp3) is 0.458. The van der Waals surface area contributed by atoms with E-state index in [0.717, 1.165) is 52.5 Å². The van der Waals surface area contributed by atoms with Crippen molar-refractivity contribution in [1.29, 1.82) is 0 Å². The van der Waals surface area contributed by atoms with Gasteiger partial charge in [-0.2, -0.15) is 5.10 Å². The minimum absolute atomic E-state index is 0.197. The highest BCUT2D eigenvalue weighted by Crippen LogP contribution is 2.29. The van der Waals surface area contributed by atoms with E-state index in [-0.39, 0.29) is 5.91 Å². The smallest absolute Gasteiger partial charge is 0.227 e. The standard InChI is InChI=1S/C24H30N4O/c1-15-11-16(2)14-27(13-15)22(29)12-21-17(3)25-24-23(20-9-7-6-8-10-20)18(4)26-28(24)19(21)5/h6-10,15-16H,11-14H2,1-5H3/t15-,16-/m1/s1. The van der Waals surface area contributed by atoms with E-state index in [1.165, 1.54) is 6.42 Å². The summed E-state index contributed by atoms with van der Waals surface area (Å²) >= 11 is 0. The van der Waals surface area contributed by atoms with Gasteiger partial charge in [0.1, 0.15) is 0 Å². The average molecular weight is 391 g/mol. The molecular formula is C24H30N4O. The number of likely N-dealkylation sites (tertiary alicyclic amines) is 1. The van der Waals surface area contributed by atoms with Gasteiger partial charge in [-0.25, -0.2) is 9.50 Å². The molecule has 2 aromatic heterocycles. The number of carbonyl (C=O) groups is 1. The first-order valence-electron chi connectivity index (χ1n) is 10.5. The van der Waals surface area contributed by atoms with Crippen molar-refractivity contribution < 1.29 is 4.79 Å². The molecular weight excluding hydrogens is 360 g/mol. The van der Waals surface area contributed by atoms with Gasteiger partial charge in [0.2, 0.25) is 5.91 Å². The van der Waals surface area contributed by atoms with Crippen LogP contribution in [-0.4, -0.2) is 38.5 Å². The molecule has 2 atom stereocenters. The second kappa shape index (κ2) is 7.62. The Morgan fingerprint density at radius 1 is 1.03 bits per heavy atom. The van der Waals surface area contributed by atoms with Crippen LogP contribution in [0.1, 0.15) is 42.9 Å². The van der Waals surface area contributed by atoms with Crippen LogP contribution in [0.5, 0.6) is 0 Å². The summed E-state index contributed by atoms with van der Waals surface area (Å²) in [5.74, 6) is 1.32. The van der Waals surface area contributed by atoms with Crippen LogP contribution in [0.3, 0.4) is 0 Å². The number of carbonyl (C=O) groups excluding carboxylic acids is 1. The Morgan fingerprint density at radius 2 is 1.69 bits per heavy atom. The van der Waals surface area contributed by atoms with E-state index in [9.17, 15) is 4.79 Å². The molecule has 0 bridgehead atoms. The quantitative estimate of drug-likeness (QED) is 0.667. The molecule has 0 N–H and O–H groups in total. The number of benzene rings is 1. The topological polar surface area (TPSA) is 50.5 Å². The molecule has 3 aromatic rings. The van der Waals surface area contributed by atoms with Crippen molar-refractivity contribution in [3.63, 3.8) is 0 Å². The maximum atomic E-state index is 13.1. The lowest BCUT2D eigenvalue weighted by Gasteiger charge is -2.35. The van der Waals surface area contributed by atoms with Gasteiger partial charge in [0.25, 0.3) is 0 Å². The Balaban J connectivity index is 1.71. The van der Waals surface area contributed by atoms with Crippen molar-refractivity contribution in [3.8, 4) is 11.1 Å². The fourth-order valence-electron chi connectivity index (χ4n) is 4.80. The SMILES string of the molecule is Cc1nc2c(-c3ccccc3)c(C)nn2c(C)c1CC(=O)N1C[C@H](C)C[C@@H](C)C1. The highest BCUT2D eigenvalue weighted by molar-refractivity contribution is 5.82. The fourth-order valence-corrected chi connectivity index (χ4v) is 4.80. The van der Waals surface area contributed by atoms with Gasteiger partial charge < -0.3 is 4.90 Å². The molecule has 5 nitrogen and oxygen atoms in total. The molecule has 1 aliphatic heterocycles. The van der Waals surface area contributed by atoms with Crippen LogP contribution < -0.4 is 0 Å². The van der Waals surface area contributed by atoms with Crippen LogP contribution in [0.2, 0.25) is 0 Å². The van der Waals surface area contributed by atoms with Crippen LogP contribution in [0, 0.1) is 32.6 Å². The Hall–Kier alpha value is -2.69. The second-order valence-corrected chi connectivity index (χ2v) is 8.74. The van der Waals surface area contributed by atoms with E-state index in [1.807, 2.05) is 48.4 Å².